The third-order valence-corrected chi connectivity index (χ3v) is 2.19. The quantitative estimate of drug-likeness (QED) is 0.806. The lowest BCUT2D eigenvalue weighted by Gasteiger charge is -2.14. The monoisotopic (exact) mass is 235 g/mol. The maximum absolute atomic E-state index is 13.2. The third-order valence-electron chi connectivity index (χ3n) is 2.19. The molecule has 1 aromatic carbocycles. The number of aryl methyl sites for hydroxylation is 1. The van der Waals surface area contributed by atoms with Crippen LogP contribution in [0.25, 0.3) is 0 Å². The minimum absolute atomic E-state index is 0.148. The molecule has 0 saturated carbocycles. The van der Waals surface area contributed by atoms with Gasteiger partial charge in [-0.25, -0.2) is 4.39 Å². The van der Waals surface area contributed by atoms with Crippen molar-refractivity contribution in [3.63, 3.8) is 0 Å². The number of terminal acetylenes is 1. The number of nitrogens with one attached hydrogen (secondary N) is 1. The lowest BCUT2D eigenvalue weighted by atomic mass is 10.2. The van der Waals surface area contributed by atoms with Crippen molar-refractivity contribution in [2.75, 3.05) is 6.54 Å². The first kappa shape index (κ1) is 13.0. The second kappa shape index (κ2) is 5.90. The standard InChI is InChI=1S/C13H14FNO2/c1-4-7-15-13(16)10(3)17-11-6-5-9(2)12(14)8-11/h1,5-6,8,10H,7H2,2-3H3,(H,15,16)/t10-/m0/s1. The van der Waals surface area contributed by atoms with Crippen molar-refractivity contribution in [3.05, 3.63) is 29.6 Å². The summed E-state index contributed by atoms with van der Waals surface area (Å²) in [6, 6.07) is 4.46. The lowest BCUT2D eigenvalue weighted by Crippen LogP contribution is -2.36. The molecule has 0 unspecified atom stereocenters. The molecule has 3 nitrogen and oxygen atoms in total. The summed E-state index contributed by atoms with van der Waals surface area (Å²) in [5.74, 6) is 1.91. The summed E-state index contributed by atoms with van der Waals surface area (Å²) in [5.41, 5.74) is 0.529. The van der Waals surface area contributed by atoms with Gasteiger partial charge in [0.2, 0.25) is 0 Å². The number of carbonyl (C=O) groups excluding carboxylic acids is 1. The van der Waals surface area contributed by atoms with Crippen LogP contribution < -0.4 is 10.1 Å². The van der Waals surface area contributed by atoms with Gasteiger partial charge in [0.15, 0.2) is 6.10 Å². The van der Waals surface area contributed by atoms with Crippen LogP contribution in [0.15, 0.2) is 18.2 Å². The van der Waals surface area contributed by atoms with Gasteiger partial charge in [0.05, 0.1) is 6.54 Å². The molecular weight excluding hydrogens is 221 g/mol. The van der Waals surface area contributed by atoms with Gasteiger partial charge in [-0.3, -0.25) is 4.79 Å². The number of hydrogen-bond donors (Lipinski definition) is 1. The Bertz CT molecular complexity index is 451. The number of rotatable bonds is 4. The molecule has 1 atom stereocenters. The van der Waals surface area contributed by atoms with E-state index in [0.29, 0.717) is 11.3 Å². The van der Waals surface area contributed by atoms with Gasteiger partial charge in [0, 0.05) is 6.07 Å². The molecular formula is C13H14FNO2. The Hall–Kier alpha value is -2.02. The van der Waals surface area contributed by atoms with E-state index in [2.05, 4.69) is 11.2 Å². The molecule has 0 spiro atoms. The van der Waals surface area contributed by atoms with Gasteiger partial charge >= 0.3 is 0 Å². The molecule has 0 radical (unpaired) electrons. The maximum Gasteiger partial charge on any atom is 0.261 e. The first-order chi connectivity index (χ1) is 8.04. The summed E-state index contributed by atoms with van der Waals surface area (Å²) < 4.78 is 18.5. The van der Waals surface area contributed by atoms with E-state index in [1.54, 1.807) is 26.0 Å². The fourth-order valence-corrected chi connectivity index (χ4v) is 1.19. The SMILES string of the molecule is C#CCNC(=O)[C@H](C)Oc1ccc(C)c(F)c1. The smallest absolute Gasteiger partial charge is 0.261 e. The molecule has 0 saturated heterocycles. The van der Waals surface area contributed by atoms with Gasteiger partial charge in [0.25, 0.3) is 5.91 Å². The topological polar surface area (TPSA) is 38.3 Å². The minimum atomic E-state index is -0.717. The highest BCUT2D eigenvalue weighted by Gasteiger charge is 2.14. The lowest BCUT2D eigenvalue weighted by molar-refractivity contribution is -0.127. The number of carbonyl (C=O) groups is 1. The summed E-state index contributed by atoms with van der Waals surface area (Å²) in [4.78, 5) is 11.4. The van der Waals surface area contributed by atoms with E-state index in [0.717, 1.165) is 0 Å². The van der Waals surface area contributed by atoms with Crippen molar-refractivity contribution in [1.82, 2.24) is 5.32 Å². The average Bonchev–Trinajstić information content (AvgIpc) is 2.30. The van der Waals surface area contributed by atoms with Crippen LogP contribution in [-0.2, 0) is 4.79 Å². The Labute approximate surface area is 100.0 Å². The van der Waals surface area contributed by atoms with Crippen LogP contribution >= 0.6 is 0 Å². The fraction of sp³-hybridized carbons (Fsp3) is 0.308. The van der Waals surface area contributed by atoms with Crippen LogP contribution in [0, 0.1) is 25.1 Å². The highest BCUT2D eigenvalue weighted by Crippen LogP contribution is 2.17. The van der Waals surface area contributed by atoms with E-state index >= 15 is 0 Å². The number of ether oxygens (including phenoxy) is 1. The maximum atomic E-state index is 13.2. The number of halogens is 1. The predicted molar refractivity (Wildman–Crippen MR) is 63.1 cm³/mol. The van der Waals surface area contributed by atoms with Crippen molar-refractivity contribution < 1.29 is 13.9 Å². The van der Waals surface area contributed by atoms with E-state index in [1.807, 2.05) is 0 Å². The Morgan fingerprint density at radius 1 is 1.65 bits per heavy atom. The molecule has 0 aliphatic heterocycles. The third kappa shape index (κ3) is 3.80. The summed E-state index contributed by atoms with van der Waals surface area (Å²) >= 11 is 0. The summed E-state index contributed by atoms with van der Waals surface area (Å²) in [6.07, 6.45) is 4.29. The molecule has 0 fully saturated rings. The largest absolute Gasteiger partial charge is 0.481 e. The van der Waals surface area contributed by atoms with E-state index in [1.165, 1.54) is 6.07 Å². The predicted octanol–water partition coefficient (Wildman–Crippen LogP) is 1.65. The highest BCUT2D eigenvalue weighted by atomic mass is 19.1. The van der Waals surface area contributed by atoms with Crippen LogP contribution in [0.5, 0.6) is 5.75 Å². The van der Waals surface area contributed by atoms with Gasteiger partial charge in [-0.05, 0) is 25.5 Å². The highest BCUT2D eigenvalue weighted by molar-refractivity contribution is 5.80. The van der Waals surface area contributed by atoms with Crippen LogP contribution in [0.1, 0.15) is 12.5 Å². The average molecular weight is 235 g/mol. The van der Waals surface area contributed by atoms with Gasteiger partial charge in [-0.1, -0.05) is 12.0 Å². The molecule has 17 heavy (non-hydrogen) atoms. The van der Waals surface area contributed by atoms with E-state index in [-0.39, 0.29) is 18.3 Å². The van der Waals surface area contributed by atoms with Crippen molar-refractivity contribution in [2.24, 2.45) is 0 Å². The molecule has 0 aromatic heterocycles. The van der Waals surface area contributed by atoms with Gasteiger partial charge in [-0.2, -0.15) is 0 Å². The van der Waals surface area contributed by atoms with Crippen LogP contribution in [0.4, 0.5) is 4.39 Å². The van der Waals surface area contributed by atoms with Crippen molar-refractivity contribution >= 4 is 5.91 Å². The van der Waals surface area contributed by atoms with Gasteiger partial charge in [-0.15, -0.1) is 6.42 Å². The molecule has 0 heterocycles. The Morgan fingerprint density at radius 3 is 2.94 bits per heavy atom. The Balaban J connectivity index is 2.62. The second-order valence-corrected chi connectivity index (χ2v) is 3.59. The van der Waals surface area contributed by atoms with E-state index in [4.69, 9.17) is 11.2 Å². The van der Waals surface area contributed by atoms with Gasteiger partial charge < -0.3 is 10.1 Å². The zero-order chi connectivity index (χ0) is 12.8. The summed E-state index contributed by atoms with van der Waals surface area (Å²) in [7, 11) is 0. The molecule has 90 valence electrons. The van der Waals surface area contributed by atoms with Crippen LogP contribution in [-0.4, -0.2) is 18.6 Å². The minimum Gasteiger partial charge on any atom is -0.481 e. The molecule has 0 aliphatic carbocycles. The number of hydrogen-bond acceptors (Lipinski definition) is 2. The molecule has 0 bridgehead atoms. The number of amides is 1. The van der Waals surface area contributed by atoms with Crippen LogP contribution in [0.2, 0.25) is 0 Å². The summed E-state index contributed by atoms with van der Waals surface area (Å²) in [5, 5.41) is 2.48. The van der Waals surface area contributed by atoms with E-state index in [9.17, 15) is 9.18 Å². The van der Waals surface area contributed by atoms with E-state index < -0.39 is 6.10 Å². The molecule has 1 rings (SSSR count). The van der Waals surface area contributed by atoms with Gasteiger partial charge in [0.1, 0.15) is 11.6 Å². The zero-order valence-corrected chi connectivity index (χ0v) is 9.79. The second-order valence-electron chi connectivity index (χ2n) is 3.59. The Morgan fingerprint density at radius 2 is 2.35 bits per heavy atom. The van der Waals surface area contributed by atoms with Crippen molar-refractivity contribution in [2.45, 2.75) is 20.0 Å². The normalized spacial score (nSPS) is 11.4. The van der Waals surface area contributed by atoms with Crippen LogP contribution in [0.3, 0.4) is 0 Å². The number of benzene rings is 1. The first-order valence-electron chi connectivity index (χ1n) is 5.18. The first-order valence-corrected chi connectivity index (χ1v) is 5.18. The molecule has 1 N–H and O–H groups in total. The molecule has 1 aromatic rings. The molecule has 0 aliphatic rings. The van der Waals surface area contributed by atoms with Crippen molar-refractivity contribution in [3.8, 4) is 18.1 Å². The molecule has 4 heteroatoms. The summed E-state index contributed by atoms with van der Waals surface area (Å²) in [6.45, 7) is 3.38. The zero-order valence-electron chi connectivity index (χ0n) is 9.79. The molecule has 1 amide bonds. The Kier molecular flexibility index (Phi) is 4.53. The van der Waals surface area contributed by atoms with Crippen molar-refractivity contribution in [1.29, 1.82) is 0 Å². The fourth-order valence-electron chi connectivity index (χ4n) is 1.19.